The van der Waals surface area contributed by atoms with Gasteiger partial charge in [0.2, 0.25) is 0 Å². The fourth-order valence-corrected chi connectivity index (χ4v) is 2.98. The molecule has 0 spiro atoms. The molecule has 0 saturated carbocycles. The Balaban J connectivity index is 2.03. The van der Waals surface area contributed by atoms with Crippen LogP contribution in [0, 0.1) is 12.7 Å². The van der Waals surface area contributed by atoms with Crippen LogP contribution in [0.3, 0.4) is 0 Å². The summed E-state index contributed by atoms with van der Waals surface area (Å²) in [4.78, 5) is 29.3. The number of rotatable bonds is 2. The van der Waals surface area contributed by atoms with Gasteiger partial charge in [0, 0.05) is 11.1 Å². The van der Waals surface area contributed by atoms with Gasteiger partial charge in [0.1, 0.15) is 10.8 Å². The van der Waals surface area contributed by atoms with Crippen LogP contribution in [0.25, 0.3) is 0 Å². The number of carbonyl (C=O) groups excluding carboxylic acids is 2. The molecule has 0 N–H and O–H groups in total. The number of aryl methyl sites for hydroxylation is 1. The number of nitrogens with zero attached hydrogens (tertiary/aromatic N) is 2. The van der Waals surface area contributed by atoms with E-state index >= 15 is 0 Å². The third-order valence-corrected chi connectivity index (χ3v) is 4.21. The topological polar surface area (TPSA) is 50.3 Å². The van der Waals surface area contributed by atoms with Crippen molar-refractivity contribution < 1.29 is 14.0 Å². The van der Waals surface area contributed by atoms with Crippen LogP contribution < -0.4 is 4.90 Å². The number of hydrogen-bond acceptors (Lipinski definition) is 4. The molecule has 0 bridgehead atoms. The number of benzene rings is 1. The van der Waals surface area contributed by atoms with E-state index in [0.717, 1.165) is 11.8 Å². The van der Waals surface area contributed by atoms with Gasteiger partial charge in [-0.15, -0.1) is 11.3 Å². The molecule has 7 heteroatoms. The summed E-state index contributed by atoms with van der Waals surface area (Å²) in [5.74, 6) is -2.02. The number of halogens is 2. The Morgan fingerprint density at radius 2 is 2.15 bits per heavy atom. The molecule has 20 heavy (non-hydrogen) atoms. The van der Waals surface area contributed by atoms with E-state index in [1.54, 1.807) is 0 Å². The SMILES string of the molecule is Cc1csc(CN2C(=O)C(=O)c3cc(Cl)c(F)cc32)n1. The van der Waals surface area contributed by atoms with E-state index in [1.807, 2.05) is 12.3 Å². The van der Waals surface area contributed by atoms with Crippen molar-refractivity contribution in [2.24, 2.45) is 0 Å². The van der Waals surface area contributed by atoms with Gasteiger partial charge in [-0.2, -0.15) is 0 Å². The van der Waals surface area contributed by atoms with Crippen LogP contribution in [0.5, 0.6) is 0 Å². The van der Waals surface area contributed by atoms with Crippen molar-refractivity contribution >= 4 is 40.3 Å². The highest BCUT2D eigenvalue weighted by molar-refractivity contribution is 7.09. The van der Waals surface area contributed by atoms with Gasteiger partial charge < -0.3 is 0 Å². The number of Topliss-reactive ketones (excluding diaryl/α,β-unsaturated/α-hetero) is 1. The van der Waals surface area contributed by atoms with Gasteiger partial charge in [-0.25, -0.2) is 9.37 Å². The summed E-state index contributed by atoms with van der Waals surface area (Å²) in [6.07, 6.45) is 0. The Morgan fingerprint density at radius 1 is 1.40 bits per heavy atom. The van der Waals surface area contributed by atoms with E-state index in [4.69, 9.17) is 11.6 Å². The lowest BCUT2D eigenvalue weighted by molar-refractivity contribution is -0.114. The van der Waals surface area contributed by atoms with E-state index in [-0.39, 0.29) is 22.8 Å². The molecule has 0 unspecified atom stereocenters. The average Bonchev–Trinajstić information content (AvgIpc) is 2.90. The lowest BCUT2D eigenvalue weighted by atomic mass is 10.1. The smallest absolute Gasteiger partial charge is 0.298 e. The monoisotopic (exact) mass is 310 g/mol. The molecule has 0 aliphatic carbocycles. The summed E-state index contributed by atoms with van der Waals surface area (Å²) in [7, 11) is 0. The molecule has 2 aromatic rings. The van der Waals surface area contributed by atoms with Crippen LogP contribution in [0.1, 0.15) is 21.1 Å². The predicted octanol–water partition coefficient (Wildman–Crippen LogP) is 2.97. The summed E-state index contributed by atoms with van der Waals surface area (Å²) in [5.41, 5.74) is 1.22. The number of ketones is 1. The van der Waals surface area contributed by atoms with Crippen molar-refractivity contribution in [3.8, 4) is 0 Å². The Labute approximate surface area is 122 Å². The van der Waals surface area contributed by atoms with Crippen molar-refractivity contribution in [2.45, 2.75) is 13.5 Å². The second-order valence-electron chi connectivity index (χ2n) is 4.39. The fraction of sp³-hybridized carbons (Fsp3) is 0.154. The van der Waals surface area contributed by atoms with Gasteiger partial charge in [0.05, 0.1) is 22.8 Å². The zero-order valence-corrected chi connectivity index (χ0v) is 11.9. The average molecular weight is 311 g/mol. The molecule has 2 heterocycles. The lowest BCUT2D eigenvalue weighted by Gasteiger charge is -2.14. The van der Waals surface area contributed by atoms with Gasteiger partial charge in [-0.3, -0.25) is 14.5 Å². The zero-order valence-electron chi connectivity index (χ0n) is 10.3. The molecule has 4 nitrogen and oxygen atoms in total. The number of fused-ring (bicyclic) bond motifs is 1. The quantitative estimate of drug-likeness (QED) is 0.801. The molecule has 3 rings (SSSR count). The van der Waals surface area contributed by atoms with Crippen LogP contribution in [-0.2, 0) is 11.3 Å². The molecule has 1 amide bonds. The first-order valence-corrected chi connectivity index (χ1v) is 6.99. The predicted molar refractivity (Wildman–Crippen MR) is 73.8 cm³/mol. The van der Waals surface area contributed by atoms with Crippen LogP contribution in [0.15, 0.2) is 17.5 Å². The van der Waals surface area contributed by atoms with Gasteiger partial charge >= 0.3 is 0 Å². The van der Waals surface area contributed by atoms with E-state index in [0.29, 0.717) is 5.01 Å². The molecule has 1 aliphatic rings. The van der Waals surface area contributed by atoms with Crippen LogP contribution >= 0.6 is 22.9 Å². The molecule has 0 fully saturated rings. The maximum atomic E-state index is 13.6. The highest BCUT2D eigenvalue weighted by Gasteiger charge is 2.37. The molecule has 1 aromatic carbocycles. The summed E-state index contributed by atoms with van der Waals surface area (Å²) in [5, 5.41) is 2.37. The van der Waals surface area contributed by atoms with E-state index < -0.39 is 17.5 Å². The Hall–Kier alpha value is -1.79. The fourth-order valence-electron chi connectivity index (χ4n) is 2.06. The highest BCUT2D eigenvalue weighted by Crippen LogP contribution is 2.34. The summed E-state index contributed by atoms with van der Waals surface area (Å²) in [6.45, 7) is 1.99. The number of thiazole rings is 1. The van der Waals surface area contributed by atoms with Gasteiger partial charge in [-0.1, -0.05) is 11.6 Å². The van der Waals surface area contributed by atoms with Crippen molar-refractivity contribution in [3.05, 3.63) is 44.6 Å². The van der Waals surface area contributed by atoms with Crippen molar-refractivity contribution in [3.63, 3.8) is 0 Å². The molecule has 0 saturated heterocycles. The first-order chi connectivity index (χ1) is 9.47. The third kappa shape index (κ3) is 2.01. The summed E-state index contributed by atoms with van der Waals surface area (Å²) in [6, 6.07) is 2.31. The van der Waals surface area contributed by atoms with Crippen molar-refractivity contribution in [1.82, 2.24) is 4.98 Å². The van der Waals surface area contributed by atoms with E-state index in [2.05, 4.69) is 4.98 Å². The van der Waals surface area contributed by atoms with Crippen LogP contribution in [0.2, 0.25) is 5.02 Å². The third-order valence-electron chi connectivity index (χ3n) is 2.97. The Bertz CT molecular complexity index is 744. The van der Waals surface area contributed by atoms with Crippen LogP contribution in [0.4, 0.5) is 10.1 Å². The van der Waals surface area contributed by atoms with Gasteiger partial charge in [-0.05, 0) is 19.1 Å². The first-order valence-electron chi connectivity index (χ1n) is 5.73. The highest BCUT2D eigenvalue weighted by atomic mass is 35.5. The molecular weight excluding hydrogens is 303 g/mol. The maximum absolute atomic E-state index is 13.6. The summed E-state index contributed by atoms with van der Waals surface area (Å²) < 4.78 is 13.6. The summed E-state index contributed by atoms with van der Waals surface area (Å²) >= 11 is 7.03. The minimum absolute atomic E-state index is 0.134. The number of aromatic nitrogens is 1. The number of carbonyl (C=O) groups is 2. The van der Waals surface area contributed by atoms with Crippen LogP contribution in [-0.4, -0.2) is 16.7 Å². The number of amides is 1. The normalized spacial score (nSPS) is 14.1. The van der Waals surface area contributed by atoms with Crippen molar-refractivity contribution in [1.29, 1.82) is 0 Å². The first kappa shape index (κ1) is 13.2. The van der Waals surface area contributed by atoms with E-state index in [1.165, 1.54) is 22.3 Å². The molecular formula is C13H8ClFN2O2S. The Kier molecular flexibility index (Phi) is 3.07. The van der Waals surface area contributed by atoms with Crippen molar-refractivity contribution in [2.75, 3.05) is 4.90 Å². The molecule has 1 aromatic heterocycles. The van der Waals surface area contributed by atoms with Gasteiger partial charge in [0.15, 0.2) is 0 Å². The lowest BCUT2D eigenvalue weighted by Crippen LogP contribution is -2.29. The number of hydrogen-bond donors (Lipinski definition) is 0. The standard InChI is InChI=1S/C13H8ClFN2O2S/c1-6-5-20-11(16-6)4-17-10-3-9(15)8(14)2-7(10)12(18)13(17)19/h2-3,5H,4H2,1H3. The Morgan fingerprint density at radius 3 is 2.80 bits per heavy atom. The number of anilines is 1. The van der Waals surface area contributed by atoms with E-state index in [9.17, 15) is 14.0 Å². The minimum atomic E-state index is -0.686. The molecule has 102 valence electrons. The second kappa shape index (κ2) is 4.64. The largest absolute Gasteiger partial charge is 0.299 e. The zero-order chi connectivity index (χ0) is 14.4. The minimum Gasteiger partial charge on any atom is -0.298 e. The second-order valence-corrected chi connectivity index (χ2v) is 5.74. The molecule has 1 aliphatic heterocycles. The van der Waals surface area contributed by atoms with Gasteiger partial charge in [0.25, 0.3) is 11.7 Å². The molecule has 0 radical (unpaired) electrons. The molecule has 0 atom stereocenters. The maximum Gasteiger partial charge on any atom is 0.299 e.